The second kappa shape index (κ2) is 8.39. The second-order valence-electron chi connectivity index (χ2n) is 3.99. The van der Waals surface area contributed by atoms with E-state index in [1.165, 1.54) is 10.8 Å². The van der Waals surface area contributed by atoms with Crippen molar-refractivity contribution in [1.29, 1.82) is 0 Å². The molecule has 0 spiro atoms. The highest BCUT2D eigenvalue weighted by Crippen LogP contribution is 2.13. The van der Waals surface area contributed by atoms with E-state index in [4.69, 9.17) is 4.74 Å². The van der Waals surface area contributed by atoms with E-state index in [1.807, 2.05) is 0 Å². The number of carbonyl (C=O) groups is 1. The first-order chi connectivity index (χ1) is 10.4. The summed E-state index contributed by atoms with van der Waals surface area (Å²) in [5.74, 6) is -0.160. The number of imidazole rings is 1. The molecule has 0 unspecified atom stereocenters. The molecule has 1 rings (SSSR count). The number of hydrogen-bond acceptors (Lipinski definition) is 9. The Balaban J connectivity index is 2.32. The summed E-state index contributed by atoms with van der Waals surface area (Å²) in [6.07, 6.45) is 1.31. The van der Waals surface area contributed by atoms with Gasteiger partial charge in [0.25, 0.3) is 5.09 Å². The highest BCUT2D eigenvalue weighted by Gasteiger charge is 2.11. The van der Waals surface area contributed by atoms with E-state index in [9.17, 15) is 25.0 Å². The number of hydrogen-bond donors (Lipinski definition) is 0. The van der Waals surface area contributed by atoms with Crippen LogP contribution in [0, 0.1) is 27.2 Å². The lowest BCUT2D eigenvalue weighted by atomic mass is 10.3. The van der Waals surface area contributed by atoms with Crippen molar-refractivity contribution in [2.75, 3.05) is 13.2 Å². The predicted molar refractivity (Wildman–Crippen MR) is 67.7 cm³/mol. The number of ether oxygens (including phenoxy) is 1. The molecule has 0 aliphatic rings. The van der Waals surface area contributed by atoms with Crippen LogP contribution in [0.4, 0.5) is 0 Å². The van der Waals surface area contributed by atoms with E-state index in [2.05, 4.69) is 14.7 Å². The van der Waals surface area contributed by atoms with Crippen LogP contribution >= 0.6 is 0 Å². The molecule has 0 atom stereocenters. The van der Waals surface area contributed by atoms with Crippen LogP contribution in [0.15, 0.2) is 6.20 Å². The highest BCUT2D eigenvalue weighted by atomic mass is 17.0. The molecule has 1 aromatic rings. The number of aryl methyl sites for hydroxylation is 1. The predicted octanol–water partition coefficient (Wildman–Crippen LogP) is 0.294. The molecule has 12 nitrogen and oxygen atoms in total. The SMILES string of the molecule is Cc1ncc(O[N+](=O)[O-])n1CCOC(=O)CCCO[N+](=O)[O-]. The van der Waals surface area contributed by atoms with Crippen molar-refractivity contribution >= 4 is 5.97 Å². The molecule has 122 valence electrons. The maximum absolute atomic E-state index is 11.4. The Kier molecular flexibility index (Phi) is 6.53. The van der Waals surface area contributed by atoms with E-state index in [-0.39, 0.29) is 38.5 Å². The zero-order chi connectivity index (χ0) is 16.5. The maximum atomic E-state index is 11.4. The van der Waals surface area contributed by atoms with E-state index in [0.29, 0.717) is 5.82 Å². The van der Waals surface area contributed by atoms with Crippen LogP contribution in [-0.2, 0) is 20.9 Å². The van der Waals surface area contributed by atoms with Crippen molar-refractivity contribution in [3.8, 4) is 5.88 Å². The molecule has 22 heavy (non-hydrogen) atoms. The van der Waals surface area contributed by atoms with Gasteiger partial charge in [-0.15, -0.1) is 20.2 Å². The van der Waals surface area contributed by atoms with Gasteiger partial charge >= 0.3 is 11.1 Å². The molecule has 0 radical (unpaired) electrons. The Morgan fingerprint density at radius 1 is 1.32 bits per heavy atom. The molecule has 12 heteroatoms. The molecule has 0 aliphatic carbocycles. The van der Waals surface area contributed by atoms with Gasteiger partial charge in [0.15, 0.2) is 0 Å². The van der Waals surface area contributed by atoms with Gasteiger partial charge in [-0.3, -0.25) is 9.63 Å². The Morgan fingerprint density at radius 2 is 2.05 bits per heavy atom. The lowest BCUT2D eigenvalue weighted by Crippen LogP contribution is -2.15. The Bertz CT molecular complexity index is 543. The molecule has 0 fully saturated rings. The minimum Gasteiger partial charge on any atom is -0.464 e. The standard InChI is InChI=1S/C10H14N4O8/c1-8-11-7-9(22-14(18)19)12(8)4-6-20-10(15)3-2-5-21-13(16)17/h7H,2-6H2,1H3. The molecule has 0 amide bonds. The van der Waals surface area contributed by atoms with Gasteiger partial charge in [0.05, 0.1) is 19.3 Å². The number of carbonyl (C=O) groups excluding carboxylic acids is 1. The first kappa shape index (κ1) is 17.1. The average Bonchev–Trinajstić information content (AvgIpc) is 2.75. The van der Waals surface area contributed by atoms with Crippen LogP contribution in [-0.4, -0.2) is 38.9 Å². The Labute approximate surface area is 123 Å². The summed E-state index contributed by atoms with van der Waals surface area (Å²) >= 11 is 0. The summed E-state index contributed by atoms with van der Waals surface area (Å²) in [7, 11) is 0. The Hall–Kier alpha value is -2.92. The summed E-state index contributed by atoms with van der Waals surface area (Å²) in [6, 6.07) is 0. The number of esters is 1. The first-order valence-electron chi connectivity index (χ1n) is 6.17. The van der Waals surface area contributed by atoms with Crippen molar-refractivity contribution in [3.63, 3.8) is 0 Å². The minimum atomic E-state index is -0.964. The monoisotopic (exact) mass is 318 g/mol. The highest BCUT2D eigenvalue weighted by molar-refractivity contribution is 5.69. The summed E-state index contributed by atoms with van der Waals surface area (Å²) in [5.41, 5.74) is 0. The van der Waals surface area contributed by atoms with Gasteiger partial charge in [-0.2, -0.15) is 0 Å². The third-order valence-corrected chi connectivity index (χ3v) is 2.49. The molecule has 1 aromatic heterocycles. The van der Waals surface area contributed by atoms with Crippen LogP contribution in [0.25, 0.3) is 0 Å². The molecule has 0 aromatic carbocycles. The normalized spacial score (nSPS) is 10.0. The Morgan fingerprint density at radius 3 is 2.68 bits per heavy atom. The van der Waals surface area contributed by atoms with Crippen LogP contribution in [0.3, 0.4) is 0 Å². The average molecular weight is 318 g/mol. The zero-order valence-corrected chi connectivity index (χ0v) is 11.7. The van der Waals surface area contributed by atoms with E-state index >= 15 is 0 Å². The fraction of sp³-hybridized carbons (Fsp3) is 0.600. The molecular weight excluding hydrogens is 304 g/mol. The van der Waals surface area contributed by atoms with Crippen molar-refractivity contribution < 1.29 is 29.4 Å². The van der Waals surface area contributed by atoms with Gasteiger partial charge in [-0.25, -0.2) is 4.98 Å². The van der Waals surface area contributed by atoms with Crippen LogP contribution < -0.4 is 4.84 Å². The number of rotatable bonds is 10. The van der Waals surface area contributed by atoms with E-state index < -0.39 is 16.1 Å². The molecule has 0 bridgehead atoms. The third-order valence-electron chi connectivity index (χ3n) is 2.49. The van der Waals surface area contributed by atoms with Crippen molar-refractivity contribution in [1.82, 2.24) is 9.55 Å². The molecule has 1 heterocycles. The molecule has 0 saturated heterocycles. The second-order valence-corrected chi connectivity index (χ2v) is 3.99. The van der Waals surface area contributed by atoms with E-state index in [0.717, 1.165) is 0 Å². The lowest BCUT2D eigenvalue weighted by Gasteiger charge is -2.09. The number of nitrogens with zero attached hydrogens (tertiary/aromatic N) is 4. The summed E-state index contributed by atoms with van der Waals surface area (Å²) in [4.78, 5) is 43.8. The maximum Gasteiger partial charge on any atom is 0.305 e. The van der Waals surface area contributed by atoms with E-state index in [1.54, 1.807) is 6.92 Å². The molecule has 0 aliphatic heterocycles. The summed E-state index contributed by atoms with van der Waals surface area (Å²) in [6.45, 7) is 1.51. The van der Waals surface area contributed by atoms with Crippen LogP contribution in [0.5, 0.6) is 5.88 Å². The third kappa shape index (κ3) is 6.02. The van der Waals surface area contributed by atoms with Gasteiger partial charge in [0.1, 0.15) is 12.4 Å². The molecule has 0 saturated carbocycles. The number of aromatic nitrogens is 2. The van der Waals surface area contributed by atoms with Gasteiger partial charge in [-0.05, 0) is 13.3 Å². The first-order valence-corrected chi connectivity index (χ1v) is 6.17. The zero-order valence-electron chi connectivity index (χ0n) is 11.7. The summed E-state index contributed by atoms with van der Waals surface area (Å²) in [5, 5.41) is 18.3. The van der Waals surface area contributed by atoms with Crippen LogP contribution in [0.2, 0.25) is 0 Å². The largest absolute Gasteiger partial charge is 0.464 e. The van der Waals surface area contributed by atoms with Crippen molar-refractivity contribution in [2.24, 2.45) is 0 Å². The van der Waals surface area contributed by atoms with Gasteiger partial charge in [0, 0.05) is 6.42 Å². The van der Waals surface area contributed by atoms with Gasteiger partial charge in [0.2, 0.25) is 5.88 Å². The fourth-order valence-electron chi connectivity index (χ4n) is 1.55. The quantitative estimate of drug-likeness (QED) is 0.257. The fourth-order valence-corrected chi connectivity index (χ4v) is 1.55. The van der Waals surface area contributed by atoms with Crippen LogP contribution in [0.1, 0.15) is 18.7 Å². The van der Waals surface area contributed by atoms with Crippen molar-refractivity contribution in [3.05, 3.63) is 32.2 Å². The smallest absolute Gasteiger partial charge is 0.305 e. The van der Waals surface area contributed by atoms with Gasteiger partial charge in [-0.1, -0.05) is 0 Å². The lowest BCUT2D eigenvalue weighted by molar-refractivity contribution is -0.757. The molecule has 0 N–H and O–H groups in total. The topological polar surface area (TPSA) is 149 Å². The molecular formula is C10H14N4O8. The van der Waals surface area contributed by atoms with Crippen molar-refractivity contribution in [2.45, 2.75) is 26.3 Å². The van der Waals surface area contributed by atoms with Gasteiger partial charge < -0.3 is 14.1 Å². The summed E-state index contributed by atoms with van der Waals surface area (Å²) < 4.78 is 6.28. The minimum absolute atomic E-state index is 0.0327.